The first-order chi connectivity index (χ1) is 13.5. The Morgan fingerprint density at radius 3 is 1.93 bits per heavy atom. The quantitative estimate of drug-likeness (QED) is 0.654. The van der Waals surface area contributed by atoms with Crippen LogP contribution in [0, 0.1) is 0 Å². The molecule has 150 valence electrons. The second-order valence-corrected chi connectivity index (χ2v) is 5.82. The summed E-state index contributed by atoms with van der Waals surface area (Å²) in [6, 6.07) is 11.0. The molecule has 0 aliphatic heterocycles. The molecule has 0 bridgehead atoms. The lowest BCUT2D eigenvalue weighted by Crippen LogP contribution is -2.37. The molecule has 1 atom stereocenters. The summed E-state index contributed by atoms with van der Waals surface area (Å²) in [5.41, 5.74) is 6.37. The lowest BCUT2D eigenvalue weighted by molar-refractivity contribution is -0.120. The van der Waals surface area contributed by atoms with Crippen LogP contribution in [0.3, 0.4) is 0 Å². The second-order valence-electron chi connectivity index (χ2n) is 5.82. The van der Waals surface area contributed by atoms with Crippen LogP contribution in [0.4, 0.5) is 0 Å². The maximum atomic E-state index is 12.8. The highest BCUT2D eigenvalue weighted by molar-refractivity contribution is 5.98. The van der Waals surface area contributed by atoms with E-state index in [4.69, 9.17) is 19.9 Å². The first-order valence-electron chi connectivity index (χ1n) is 9.23. The average Bonchev–Trinajstić information content (AvgIpc) is 2.69. The van der Waals surface area contributed by atoms with Gasteiger partial charge in [0, 0.05) is 5.56 Å². The zero-order valence-electron chi connectivity index (χ0n) is 16.4. The largest absolute Gasteiger partial charge is 0.490 e. The standard InChI is InChI=1S/C21H26N2O5/c1-4-26-16-12-15(13-17(27-5-2)19(16)28-6-3)21(25)23-18(20(22)24)14-10-8-7-9-11-14/h7-13,18H,4-6H2,1-3H3,(H2,22,24)(H,23,25). The molecule has 1 unspecified atom stereocenters. The summed E-state index contributed by atoms with van der Waals surface area (Å²) >= 11 is 0. The van der Waals surface area contributed by atoms with Crippen molar-refractivity contribution in [3.8, 4) is 17.2 Å². The molecule has 2 amide bonds. The van der Waals surface area contributed by atoms with Gasteiger partial charge in [0.25, 0.3) is 5.91 Å². The molecule has 0 aliphatic rings. The van der Waals surface area contributed by atoms with E-state index in [1.54, 1.807) is 36.4 Å². The van der Waals surface area contributed by atoms with Gasteiger partial charge >= 0.3 is 0 Å². The number of benzene rings is 2. The summed E-state index contributed by atoms with van der Waals surface area (Å²) in [5, 5.41) is 2.67. The topological polar surface area (TPSA) is 99.9 Å². The van der Waals surface area contributed by atoms with Crippen molar-refractivity contribution < 1.29 is 23.8 Å². The van der Waals surface area contributed by atoms with E-state index in [0.717, 1.165) is 0 Å². The Labute approximate surface area is 164 Å². The number of carbonyl (C=O) groups is 2. The molecule has 7 heteroatoms. The Bertz CT molecular complexity index is 781. The van der Waals surface area contributed by atoms with Gasteiger partial charge in [0.1, 0.15) is 6.04 Å². The third-order valence-electron chi connectivity index (χ3n) is 3.86. The van der Waals surface area contributed by atoms with Crippen molar-refractivity contribution >= 4 is 11.8 Å². The molecular weight excluding hydrogens is 360 g/mol. The highest BCUT2D eigenvalue weighted by atomic mass is 16.5. The van der Waals surface area contributed by atoms with Gasteiger partial charge in [-0.1, -0.05) is 30.3 Å². The summed E-state index contributed by atoms with van der Waals surface area (Å²) in [4.78, 5) is 24.7. The van der Waals surface area contributed by atoms with Crippen LogP contribution in [0.15, 0.2) is 42.5 Å². The van der Waals surface area contributed by atoms with E-state index in [1.807, 2.05) is 26.8 Å². The molecule has 0 radical (unpaired) electrons. The Kier molecular flexibility index (Phi) is 7.68. The number of hydrogen-bond donors (Lipinski definition) is 2. The molecule has 28 heavy (non-hydrogen) atoms. The Hall–Kier alpha value is -3.22. The maximum Gasteiger partial charge on any atom is 0.252 e. The summed E-state index contributed by atoms with van der Waals surface area (Å²) < 4.78 is 16.9. The van der Waals surface area contributed by atoms with E-state index < -0.39 is 17.9 Å². The zero-order valence-corrected chi connectivity index (χ0v) is 16.4. The number of rotatable bonds is 10. The first-order valence-corrected chi connectivity index (χ1v) is 9.23. The molecule has 2 aromatic carbocycles. The molecule has 0 aromatic heterocycles. The van der Waals surface area contributed by atoms with Crippen LogP contribution in [-0.4, -0.2) is 31.6 Å². The van der Waals surface area contributed by atoms with Gasteiger partial charge < -0.3 is 25.3 Å². The first kappa shape index (κ1) is 21.1. The summed E-state index contributed by atoms with van der Waals surface area (Å²) in [5.74, 6) is 0.113. The smallest absolute Gasteiger partial charge is 0.252 e. The highest BCUT2D eigenvalue weighted by Crippen LogP contribution is 2.39. The Morgan fingerprint density at radius 1 is 0.929 bits per heavy atom. The molecule has 0 saturated heterocycles. The van der Waals surface area contributed by atoms with Crippen molar-refractivity contribution in [1.82, 2.24) is 5.32 Å². The normalized spacial score (nSPS) is 11.4. The number of nitrogens with two attached hydrogens (primary N) is 1. The van der Waals surface area contributed by atoms with Gasteiger partial charge in [-0.05, 0) is 38.5 Å². The van der Waals surface area contributed by atoms with Gasteiger partial charge in [-0.25, -0.2) is 0 Å². The van der Waals surface area contributed by atoms with Crippen molar-refractivity contribution in [2.75, 3.05) is 19.8 Å². The molecule has 0 spiro atoms. The minimum atomic E-state index is -0.952. The van der Waals surface area contributed by atoms with Crippen LogP contribution in [0.1, 0.15) is 42.7 Å². The monoisotopic (exact) mass is 386 g/mol. The Morgan fingerprint density at radius 2 is 1.46 bits per heavy atom. The van der Waals surface area contributed by atoms with Gasteiger partial charge in [-0.15, -0.1) is 0 Å². The summed E-state index contributed by atoms with van der Waals surface area (Å²) in [6.07, 6.45) is 0. The number of amides is 2. The fourth-order valence-corrected chi connectivity index (χ4v) is 2.70. The highest BCUT2D eigenvalue weighted by Gasteiger charge is 2.23. The van der Waals surface area contributed by atoms with Crippen LogP contribution in [0.5, 0.6) is 17.2 Å². The van der Waals surface area contributed by atoms with Crippen molar-refractivity contribution in [2.45, 2.75) is 26.8 Å². The van der Waals surface area contributed by atoms with E-state index in [0.29, 0.717) is 42.6 Å². The fourth-order valence-electron chi connectivity index (χ4n) is 2.70. The van der Waals surface area contributed by atoms with Crippen molar-refractivity contribution in [2.24, 2.45) is 5.73 Å². The average molecular weight is 386 g/mol. The second kappa shape index (κ2) is 10.2. The number of nitrogens with one attached hydrogen (secondary N) is 1. The van der Waals surface area contributed by atoms with Crippen LogP contribution in [0.2, 0.25) is 0 Å². The van der Waals surface area contributed by atoms with Crippen LogP contribution in [0.25, 0.3) is 0 Å². The van der Waals surface area contributed by atoms with Gasteiger partial charge in [0.15, 0.2) is 11.5 Å². The van der Waals surface area contributed by atoms with Crippen LogP contribution >= 0.6 is 0 Å². The molecule has 0 aliphatic carbocycles. The molecule has 0 saturated carbocycles. The SMILES string of the molecule is CCOc1cc(C(=O)NC(C(N)=O)c2ccccc2)cc(OCC)c1OCC. The van der Waals surface area contributed by atoms with Gasteiger partial charge in [-0.2, -0.15) is 0 Å². The summed E-state index contributed by atoms with van der Waals surface area (Å²) in [6.45, 7) is 6.73. The van der Waals surface area contributed by atoms with Gasteiger partial charge in [0.2, 0.25) is 11.7 Å². The third-order valence-corrected chi connectivity index (χ3v) is 3.86. The number of carbonyl (C=O) groups excluding carboxylic acids is 2. The minimum Gasteiger partial charge on any atom is -0.490 e. The summed E-state index contributed by atoms with van der Waals surface area (Å²) in [7, 11) is 0. The maximum absolute atomic E-state index is 12.8. The van der Waals surface area contributed by atoms with E-state index in [9.17, 15) is 9.59 Å². The predicted octanol–water partition coefficient (Wildman–Crippen LogP) is 2.84. The molecular formula is C21H26N2O5. The minimum absolute atomic E-state index is 0.275. The molecule has 3 N–H and O–H groups in total. The zero-order chi connectivity index (χ0) is 20.5. The van der Waals surface area contributed by atoms with E-state index in [1.165, 1.54) is 0 Å². The number of ether oxygens (including phenoxy) is 3. The lowest BCUT2D eigenvalue weighted by Gasteiger charge is -2.19. The van der Waals surface area contributed by atoms with Crippen LogP contribution in [-0.2, 0) is 4.79 Å². The van der Waals surface area contributed by atoms with Gasteiger partial charge in [0.05, 0.1) is 19.8 Å². The van der Waals surface area contributed by atoms with Gasteiger partial charge in [-0.3, -0.25) is 9.59 Å². The van der Waals surface area contributed by atoms with Crippen LogP contribution < -0.4 is 25.3 Å². The predicted molar refractivity (Wildman–Crippen MR) is 106 cm³/mol. The Balaban J connectivity index is 2.39. The van der Waals surface area contributed by atoms with Crippen molar-refractivity contribution in [3.63, 3.8) is 0 Å². The molecule has 2 aromatic rings. The molecule has 2 rings (SSSR count). The van der Waals surface area contributed by atoms with E-state index in [2.05, 4.69) is 5.32 Å². The third kappa shape index (κ3) is 5.16. The van der Waals surface area contributed by atoms with Crippen molar-refractivity contribution in [3.05, 3.63) is 53.6 Å². The number of primary amides is 1. The molecule has 0 fully saturated rings. The van der Waals surface area contributed by atoms with E-state index in [-0.39, 0.29) is 5.56 Å². The number of hydrogen-bond acceptors (Lipinski definition) is 5. The van der Waals surface area contributed by atoms with E-state index >= 15 is 0 Å². The lowest BCUT2D eigenvalue weighted by atomic mass is 10.1. The molecule has 0 heterocycles. The van der Waals surface area contributed by atoms with Crippen molar-refractivity contribution in [1.29, 1.82) is 0 Å². The fraction of sp³-hybridized carbons (Fsp3) is 0.333. The molecule has 7 nitrogen and oxygen atoms in total.